The number of rotatable bonds is 7. The molecule has 0 spiro atoms. The SMILES string of the molecule is CCC(O)(CCc1ccccc1)CCC1(F)C(F)(F)C(F)(F)C(F)(F)C(F)(F)C1(F)F. The van der Waals surface area contributed by atoms with Crippen LogP contribution in [0.15, 0.2) is 30.3 Å². The lowest BCUT2D eigenvalue weighted by atomic mass is 9.69. The standard InChI is InChI=1S/C19H19F11O/c1-2-13(31,9-8-12-6-4-3-5-7-12)10-11-14(20)15(21,22)17(25,26)19(29,30)18(27,28)16(14,23)24/h3-7,31H,2,8-11H2,1H3. The zero-order valence-electron chi connectivity index (χ0n) is 16.0. The first-order valence-electron chi connectivity index (χ1n) is 9.19. The number of aliphatic hydroxyl groups is 1. The van der Waals surface area contributed by atoms with E-state index >= 15 is 0 Å². The van der Waals surface area contributed by atoms with Gasteiger partial charge >= 0.3 is 29.6 Å². The number of aryl methyl sites for hydroxylation is 1. The van der Waals surface area contributed by atoms with Gasteiger partial charge < -0.3 is 5.11 Å². The van der Waals surface area contributed by atoms with Crippen LogP contribution in [0.5, 0.6) is 0 Å². The van der Waals surface area contributed by atoms with Crippen LogP contribution in [-0.2, 0) is 6.42 Å². The predicted molar refractivity (Wildman–Crippen MR) is 87.8 cm³/mol. The smallest absolute Gasteiger partial charge is 0.384 e. The molecule has 1 saturated carbocycles. The lowest BCUT2D eigenvalue weighted by molar-refractivity contribution is -0.486. The highest BCUT2D eigenvalue weighted by Gasteiger charge is 3.00. The molecule has 2 rings (SSSR count). The summed E-state index contributed by atoms with van der Waals surface area (Å²) < 4.78 is 152. The molecule has 0 saturated heterocycles. The Bertz CT molecular complexity index is 748. The molecule has 0 radical (unpaired) electrons. The van der Waals surface area contributed by atoms with Crippen LogP contribution < -0.4 is 0 Å². The van der Waals surface area contributed by atoms with Gasteiger partial charge in [-0.15, -0.1) is 0 Å². The minimum atomic E-state index is -7.23. The highest BCUT2D eigenvalue weighted by atomic mass is 19.4. The summed E-state index contributed by atoms with van der Waals surface area (Å²) in [5.74, 6) is -35.2. The fourth-order valence-electron chi connectivity index (χ4n) is 3.51. The van der Waals surface area contributed by atoms with Crippen molar-refractivity contribution in [1.82, 2.24) is 0 Å². The maximum Gasteiger partial charge on any atom is 0.384 e. The largest absolute Gasteiger partial charge is 0.390 e. The van der Waals surface area contributed by atoms with E-state index in [1.54, 1.807) is 30.3 Å². The normalized spacial score (nSPS) is 26.7. The average molecular weight is 472 g/mol. The minimum Gasteiger partial charge on any atom is -0.390 e. The lowest BCUT2D eigenvalue weighted by Gasteiger charge is -2.53. The van der Waals surface area contributed by atoms with Gasteiger partial charge in [-0.25, -0.2) is 4.39 Å². The highest BCUT2D eigenvalue weighted by molar-refractivity contribution is 5.26. The second-order valence-corrected chi connectivity index (χ2v) is 7.74. The van der Waals surface area contributed by atoms with Gasteiger partial charge in [-0.05, 0) is 37.7 Å². The van der Waals surface area contributed by atoms with Crippen molar-refractivity contribution in [2.75, 3.05) is 0 Å². The molecule has 0 amide bonds. The molecule has 1 unspecified atom stereocenters. The maximum atomic E-state index is 14.8. The number of hydrogen-bond acceptors (Lipinski definition) is 1. The first kappa shape index (κ1) is 25.7. The van der Waals surface area contributed by atoms with E-state index in [2.05, 4.69) is 0 Å². The van der Waals surface area contributed by atoms with Gasteiger partial charge in [-0.2, -0.15) is 43.9 Å². The van der Waals surface area contributed by atoms with Crippen LogP contribution >= 0.6 is 0 Å². The van der Waals surface area contributed by atoms with Gasteiger partial charge in [0.25, 0.3) is 0 Å². The second kappa shape index (κ2) is 7.48. The molecule has 0 aromatic heterocycles. The fourth-order valence-corrected chi connectivity index (χ4v) is 3.51. The lowest BCUT2D eigenvalue weighted by Crippen LogP contribution is -2.83. The Kier molecular flexibility index (Phi) is 6.20. The molecule has 178 valence electrons. The van der Waals surface area contributed by atoms with Crippen LogP contribution in [0, 0.1) is 0 Å². The molecule has 31 heavy (non-hydrogen) atoms. The number of benzene rings is 1. The van der Waals surface area contributed by atoms with E-state index in [0.29, 0.717) is 5.56 Å². The average Bonchev–Trinajstić information content (AvgIpc) is 2.69. The summed E-state index contributed by atoms with van der Waals surface area (Å²) in [6.45, 7) is 1.24. The van der Waals surface area contributed by atoms with Crippen molar-refractivity contribution >= 4 is 0 Å². The number of hydrogen-bond donors (Lipinski definition) is 1. The first-order valence-corrected chi connectivity index (χ1v) is 9.19. The van der Waals surface area contributed by atoms with Crippen molar-refractivity contribution in [3.05, 3.63) is 35.9 Å². The Balaban J connectivity index is 2.38. The van der Waals surface area contributed by atoms with Gasteiger partial charge in [0.1, 0.15) is 0 Å². The quantitative estimate of drug-likeness (QED) is 0.453. The van der Waals surface area contributed by atoms with Crippen molar-refractivity contribution in [2.45, 2.75) is 79.9 Å². The molecule has 1 atom stereocenters. The van der Waals surface area contributed by atoms with Crippen molar-refractivity contribution < 1.29 is 53.4 Å². The summed E-state index contributed by atoms with van der Waals surface area (Å²) in [4.78, 5) is 0. The van der Waals surface area contributed by atoms with Gasteiger partial charge in [0.15, 0.2) is 0 Å². The molecule has 1 aromatic carbocycles. The number of halogens is 11. The van der Waals surface area contributed by atoms with Crippen LogP contribution in [0.1, 0.15) is 38.2 Å². The molecule has 1 aliphatic rings. The Hall–Kier alpha value is -1.59. The zero-order valence-corrected chi connectivity index (χ0v) is 16.0. The Labute approximate surface area is 170 Å². The van der Waals surface area contributed by atoms with E-state index in [-0.39, 0.29) is 19.3 Å². The van der Waals surface area contributed by atoms with Crippen LogP contribution in [-0.4, -0.2) is 46.0 Å². The van der Waals surface area contributed by atoms with Gasteiger partial charge in [0, 0.05) is 0 Å². The van der Waals surface area contributed by atoms with E-state index in [1.807, 2.05) is 0 Å². The summed E-state index contributed by atoms with van der Waals surface area (Å²) in [5, 5.41) is 10.5. The summed E-state index contributed by atoms with van der Waals surface area (Å²) >= 11 is 0. The van der Waals surface area contributed by atoms with E-state index < -0.39 is 53.7 Å². The van der Waals surface area contributed by atoms with Crippen LogP contribution in [0.25, 0.3) is 0 Å². The van der Waals surface area contributed by atoms with Crippen molar-refractivity contribution in [2.24, 2.45) is 0 Å². The molecule has 12 heteroatoms. The topological polar surface area (TPSA) is 20.2 Å². The van der Waals surface area contributed by atoms with Crippen LogP contribution in [0.4, 0.5) is 48.3 Å². The fraction of sp³-hybridized carbons (Fsp3) is 0.684. The zero-order chi connectivity index (χ0) is 24.1. The molecule has 0 bridgehead atoms. The van der Waals surface area contributed by atoms with Crippen LogP contribution in [0.2, 0.25) is 0 Å². The minimum absolute atomic E-state index is 0.0294. The molecule has 1 aliphatic carbocycles. The molecule has 1 nitrogen and oxygen atoms in total. The van der Waals surface area contributed by atoms with E-state index in [0.717, 1.165) is 0 Å². The molecular weight excluding hydrogens is 453 g/mol. The molecule has 0 heterocycles. The van der Waals surface area contributed by atoms with E-state index in [1.165, 1.54) is 6.92 Å². The Morgan fingerprint density at radius 1 is 0.677 bits per heavy atom. The molecular formula is C19H19F11O. The molecule has 1 N–H and O–H groups in total. The van der Waals surface area contributed by atoms with Crippen molar-refractivity contribution in [3.63, 3.8) is 0 Å². The predicted octanol–water partition coefficient (Wildman–Crippen LogP) is 6.44. The third-order valence-corrected chi connectivity index (χ3v) is 5.89. The summed E-state index contributed by atoms with van der Waals surface area (Å²) in [6.07, 6.45) is -4.47. The molecule has 1 fully saturated rings. The first-order chi connectivity index (χ1) is 13.8. The van der Waals surface area contributed by atoms with Gasteiger partial charge in [0.2, 0.25) is 5.67 Å². The molecule has 0 aliphatic heterocycles. The van der Waals surface area contributed by atoms with Crippen molar-refractivity contribution in [3.8, 4) is 0 Å². The Morgan fingerprint density at radius 2 is 1.10 bits per heavy atom. The second-order valence-electron chi connectivity index (χ2n) is 7.74. The Morgan fingerprint density at radius 3 is 1.52 bits per heavy atom. The highest BCUT2D eigenvalue weighted by Crippen LogP contribution is 2.70. The number of alkyl halides is 11. The summed E-state index contributed by atoms with van der Waals surface area (Å²) in [7, 11) is 0. The summed E-state index contributed by atoms with van der Waals surface area (Å²) in [6, 6.07) is 8.01. The van der Waals surface area contributed by atoms with Crippen molar-refractivity contribution in [1.29, 1.82) is 0 Å². The van der Waals surface area contributed by atoms with Gasteiger partial charge in [-0.3, -0.25) is 0 Å². The van der Waals surface area contributed by atoms with Crippen LogP contribution in [0.3, 0.4) is 0 Å². The van der Waals surface area contributed by atoms with Gasteiger partial charge in [-0.1, -0.05) is 37.3 Å². The van der Waals surface area contributed by atoms with Gasteiger partial charge in [0.05, 0.1) is 5.60 Å². The maximum absolute atomic E-state index is 14.8. The summed E-state index contributed by atoms with van der Waals surface area (Å²) in [5.41, 5.74) is -7.65. The van der Waals surface area contributed by atoms with E-state index in [4.69, 9.17) is 0 Å². The third-order valence-electron chi connectivity index (χ3n) is 5.89. The third kappa shape index (κ3) is 3.39. The monoisotopic (exact) mass is 472 g/mol. The molecule has 1 aromatic rings. The van der Waals surface area contributed by atoms with E-state index in [9.17, 15) is 53.4 Å².